The third-order valence-electron chi connectivity index (χ3n) is 9.39. The Labute approximate surface area is 280 Å². The number of para-hydroxylation sites is 3. The van der Waals surface area contributed by atoms with Gasteiger partial charge < -0.3 is 4.42 Å². The Morgan fingerprint density at radius 2 is 1.29 bits per heavy atom. The van der Waals surface area contributed by atoms with E-state index >= 15 is 0 Å². The number of hydrogen-bond acceptors (Lipinski definition) is 3. The first kappa shape index (κ1) is 29.5. The third kappa shape index (κ3) is 4.87. The van der Waals surface area contributed by atoms with E-state index in [-0.39, 0.29) is 11.8 Å². The molecule has 0 bridgehead atoms. The molecule has 2 aromatic heterocycles. The lowest BCUT2D eigenvalue weighted by Crippen LogP contribution is -2.09. The smallest absolute Gasteiger partial charge is 0.149 e. The van der Waals surface area contributed by atoms with Gasteiger partial charge in [0.25, 0.3) is 0 Å². The summed E-state index contributed by atoms with van der Waals surface area (Å²) in [6.45, 7) is 9.12. The maximum absolute atomic E-state index is 9.25. The van der Waals surface area contributed by atoms with Crippen molar-refractivity contribution >= 4 is 33.0 Å². The zero-order valence-corrected chi connectivity index (χ0v) is 27.5. The van der Waals surface area contributed by atoms with E-state index in [4.69, 9.17) is 9.40 Å². The molecular formula is C44H35N3O. The number of benzene rings is 6. The van der Waals surface area contributed by atoms with Gasteiger partial charge in [-0.1, -0.05) is 100 Å². The molecule has 0 radical (unpaired) electrons. The van der Waals surface area contributed by atoms with Crippen molar-refractivity contribution in [3.05, 3.63) is 144 Å². The Balaban J connectivity index is 1.39. The predicted octanol–water partition coefficient (Wildman–Crippen LogP) is 12.0. The quantitative estimate of drug-likeness (QED) is 0.186. The van der Waals surface area contributed by atoms with Gasteiger partial charge in [0.15, 0.2) is 0 Å². The zero-order valence-electron chi connectivity index (χ0n) is 27.5. The Morgan fingerprint density at radius 3 is 2.00 bits per heavy atom. The van der Waals surface area contributed by atoms with E-state index in [0.29, 0.717) is 5.56 Å². The van der Waals surface area contributed by atoms with Crippen molar-refractivity contribution in [2.45, 2.75) is 39.5 Å². The monoisotopic (exact) mass is 621 g/mol. The maximum Gasteiger partial charge on any atom is 0.149 e. The summed E-state index contributed by atoms with van der Waals surface area (Å²) >= 11 is 0. The van der Waals surface area contributed by atoms with E-state index in [9.17, 15) is 5.26 Å². The molecule has 4 heteroatoms. The van der Waals surface area contributed by atoms with Crippen LogP contribution < -0.4 is 0 Å². The summed E-state index contributed by atoms with van der Waals surface area (Å²) < 4.78 is 9.13. The number of furan rings is 1. The molecule has 8 aromatic rings. The standard InChI is InChI=1S/C44H35N3O/c1-27(2)37-23-33(30-11-6-5-7-12-30)24-38(28(3)4)42(37)47-40-16-9-8-15-39(40)46-44(47)36-14-10-13-35-34-22-21-32(25-41(34)48-43(35)36)31-19-17-29(26-45)18-20-31/h5-25,27-28H,1-4H3. The normalized spacial score (nSPS) is 11.7. The molecule has 0 aliphatic heterocycles. The van der Waals surface area contributed by atoms with Crippen molar-refractivity contribution in [1.82, 2.24) is 9.55 Å². The van der Waals surface area contributed by atoms with Gasteiger partial charge in [-0.05, 0) is 99.8 Å². The molecule has 0 aliphatic rings. The number of hydrogen-bond donors (Lipinski definition) is 0. The van der Waals surface area contributed by atoms with Crippen LogP contribution in [-0.2, 0) is 0 Å². The van der Waals surface area contributed by atoms with Crippen LogP contribution in [0.2, 0.25) is 0 Å². The fourth-order valence-electron chi connectivity index (χ4n) is 6.94. The molecule has 2 heterocycles. The fraction of sp³-hybridized carbons (Fsp3) is 0.136. The molecule has 6 aromatic carbocycles. The van der Waals surface area contributed by atoms with Crippen molar-refractivity contribution < 1.29 is 4.42 Å². The first-order chi connectivity index (χ1) is 23.4. The minimum absolute atomic E-state index is 0.276. The van der Waals surface area contributed by atoms with E-state index in [1.54, 1.807) is 0 Å². The molecule has 8 rings (SSSR count). The van der Waals surface area contributed by atoms with Crippen molar-refractivity contribution in [3.8, 4) is 45.4 Å². The molecule has 48 heavy (non-hydrogen) atoms. The number of rotatable bonds is 6. The first-order valence-electron chi connectivity index (χ1n) is 16.6. The van der Waals surface area contributed by atoms with Crippen LogP contribution in [0.4, 0.5) is 0 Å². The topological polar surface area (TPSA) is 54.8 Å². The third-order valence-corrected chi connectivity index (χ3v) is 9.39. The second-order valence-electron chi connectivity index (χ2n) is 13.1. The minimum atomic E-state index is 0.276. The lowest BCUT2D eigenvalue weighted by atomic mass is 9.88. The van der Waals surface area contributed by atoms with Gasteiger partial charge in [0.2, 0.25) is 0 Å². The summed E-state index contributed by atoms with van der Waals surface area (Å²) in [6.07, 6.45) is 0. The van der Waals surface area contributed by atoms with Crippen molar-refractivity contribution in [3.63, 3.8) is 0 Å². The van der Waals surface area contributed by atoms with Gasteiger partial charge in [0.05, 0.1) is 33.9 Å². The van der Waals surface area contributed by atoms with Gasteiger partial charge in [0.1, 0.15) is 17.0 Å². The molecule has 0 amide bonds. The van der Waals surface area contributed by atoms with E-state index in [1.807, 2.05) is 24.3 Å². The predicted molar refractivity (Wildman–Crippen MR) is 198 cm³/mol. The average molecular weight is 622 g/mol. The van der Waals surface area contributed by atoms with Gasteiger partial charge in [-0.3, -0.25) is 4.57 Å². The van der Waals surface area contributed by atoms with Crippen LogP contribution in [0.5, 0.6) is 0 Å². The van der Waals surface area contributed by atoms with Gasteiger partial charge in [0, 0.05) is 10.8 Å². The molecule has 0 N–H and O–H groups in total. The Bertz CT molecular complexity index is 2480. The average Bonchev–Trinajstić information content (AvgIpc) is 3.69. The van der Waals surface area contributed by atoms with Crippen LogP contribution in [-0.4, -0.2) is 9.55 Å². The van der Waals surface area contributed by atoms with Crippen LogP contribution in [0.25, 0.3) is 72.3 Å². The highest BCUT2D eigenvalue weighted by Crippen LogP contribution is 2.43. The molecule has 0 saturated heterocycles. The van der Waals surface area contributed by atoms with Crippen molar-refractivity contribution in [1.29, 1.82) is 5.26 Å². The van der Waals surface area contributed by atoms with E-state index in [1.165, 1.54) is 27.9 Å². The van der Waals surface area contributed by atoms with E-state index in [0.717, 1.165) is 55.5 Å². The molecule has 0 fully saturated rings. The van der Waals surface area contributed by atoms with E-state index in [2.05, 4.69) is 141 Å². The Hall–Kier alpha value is -5.92. The first-order valence-corrected chi connectivity index (χ1v) is 16.6. The minimum Gasteiger partial charge on any atom is -0.455 e. The molecule has 0 unspecified atom stereocenters. The van der Waals surface area contributed by atoms with Crippen molar-refractivity contribution in [2.75, 3.05) is 0 Å². The molecular weight excluding hydrogens is 587 g/mol. The van der Waals surface area contributed by atoms with Gasteiger partial charge >= 0.3 is 0 Å². The van der Waals surface area contributed by atoms with Crippen LogP contribution in [0.15, 0.2) is 132 Å². The fourth-order valence-corrected chi connectivity index (χ4v) is 6.94. The number of aromatic nitrogens is 2. The van der Waals surface area contributed by atoms with Gasteiger partial charge in [-0.15, -0.1) is 0 Å². The van der Waals surface area contributed by atoms with Crippen LogP contribution in [0.1, 0.15) is 56.2 Å². The SMILES string of the molecule is CC(C)c1cc(-c2ccccc2)cc(C(C)C)c1-n1c(-c2cccc3c2oc2cc(-c4ccc(C#N)cc4)ccc23)nc2ccccc21. The highest BCUT2D eigenvalue weighted by atomic mass is 16.3. The summed E-state index contributed by atoms with van der Waals surface area (Å²) in [5.41, 5.74) is 13.6. The van der Waals surface area contributed by atoms with Gasteiger partial charge in [-0.2, -0.15) is 5.26 Å². The van der Waals surface area contributed by atoms with Gasteiger partial charge in [-0.25, -0.2) is 4.98 Å². The number of fused-ring (bicyclic) bond motifs is 4. The zero-order chi connectivity index (χ0) is 32.9. The number of nitrogens with zero attached hydrogens (tertiary/aromatic N) is 3. The van der Waals surface area contributed by atoms with E-state index < -0.39 is 0 Å². The largest absolute Gasteiger partial charge is 0.455 e. The lowest BCUT2D eigenvalue weighted by Gasteiger charge is -2.24. The Morgan fingerprint density at radius 1 is 0.625 bits per heavy atom. The molecule has 0 aliphatic carbocycles. The van der Waals surface area contributed by atoms with Crippen molar-refractivity contribution in [2.24, 2.45) is 0 Å². The summed E-state index contributed by atoms with van der Waals surface area (Å²) in [5, 5.41) is 11.4. The highest BCUT2D eigenvalue weighted by Gasteiger charge is 2.25. The summed E-state index contributed by atoms with van der Waals surface area (Å²) in [4.78, 5) is 5.32. The molecule has 232 valence electrons. The summed E-state index contributed by atoms with van der Waals surface area (Å²) in [6, 6.07) is 46.4. The summed E-state index contributed by atoms with van der Waals surface area (Å²) in [7, 11) is 0. The molecule has 0 saturated carbocycles. The second-order valence-corrected chi connectivity index (χ2v) is 13.1. The number of nitriles is 1. The summed E-state index contributed by atoms with van der Waals surface area (Å²) in [5.74, 6) is 1.42. The number of imidazole rings is 1. The van der Waals surface area contributed by atoms with Crippen LogP contribution in [0, 0.1) is 11.3 Å². The Kier molecular flexibility index (Phi) is 7.19. The molecule has 4 nitrogen and oxygen atoms in total. The second kappa shape index (κ2) is 11.7. The maximum atomic E-state index is 9.25. The van der Waals surface area contributed by atoms with Crippen LogP contribution in [0.3, 0.4) is 0 Å². The molecule has 0 atom stereocenters. The lowest BCUT2D eigenvalue weighted by molar-refractivity contribution is 0.669. The highest BCUT2D eigenvalue weighted by molar-refractivity contribution is 6.10. The van der Waals surface area contributed by atoms with Crippen LogP contribution >= 0.6 is 0 Å². The molecule has 0 spiro atoms.